The van der Waals surface area contributed by atoms with Crippen molar-refractivity contribution in [1.82, 2.24) is 5.32 Å². The molecule has 1 amide bonds. The fourth-order valence-corrected chi connectivity index (χ4v) is 3.27. The summed E-state index contributed by atoms with van der Waals surface area (Å²) >= 11 is 0. The molecule has 5 heteroatoms. The predicted octanol–water partition coefficient (Wildman–Crippen LogP) is 2.38. The third kappa shape index (κ3) is 4.34. The summed E-state index contributed by atoms with van der Waals surface area (Å²) in [4.78, 5) is 12.7. The Morgan fingerprint density at radius 2 is 2.05 bits per heavy atom. The largest absolute Gasteiger partial charge is 0.399 e. The van der Waals surface area contributed by atoms with Gasteiger partial charge in [-0.1, -0.05) is 19.4 Å². The number of aryl methyl sites for hydroxylation is 1. The van der Waals surface area contributed by atoms with E-state index in [9.17, 15) is 9.00 Å². The lowest BCUT2D eigenvalue weighted by molar-refractivity contribution is -0.121. The maximum absolute atomic E-state index is 12.5. The molecule has 0 aliphatic carbocycles. The van der Waals surface area contributed by atoms with E-state index in [4.69, 9.17) is 5.73 Å². The Bertz CT molecular complexity index is 503. The highest BCUT2D eigenvalue weighted by molar-refractivity contribution is 7.86. The Morgan fingerprint density at radius 1 is 1.40 bits per heavy atom. The topological polar surface area (TPSA) is 72.2 Å². The van der Waals surface area contributed by atoms with Crippen LogP contribution in [0.25, 0.3) is 0 Å². The van der Waals surface area contributed by atoms with Gasteiger partial charge in [-0.2, -0.15) is 0 Å². The van der Waals surface area contributed by atoms with Crippen molar-refractivity contribution in [3.05, 3.63) is 23.8 Å². The zero-order chi connectivity index (χ0) is 15.3. The second-order valence-corrected chi connectivity index (χ2v) is 6.90. The molecule has 1 aromatic rings. The van der Waals surface area contributed by atoms with Crippen LogP contribution in [0.4, 0.5) is 5.69 Å². The molecular weight excluding hydrogens is 272 g/mol. The minimum Gasteiger partial charge on any atom is -0.399 e. The van der Waals surface area contributed by atoms with Gasteiger partial charge in [0.2, 0.25) is 5.91 Å². The van der Waals surface area contributed by atoms with Crippen molar-refractivity contribution < 1.29 is 9.00 Å². The number of nitrogens with one attached hydrogen (secondary N) is 1. The first-order valence-corrected chi connectivity index (χ1v) is 8.15. The van der Waals surface area contributed by atoms with Gasteiger partial charge in [0.1, 0.15) is 5.25 Å². The summed E-state index contributed by atoms with van der Waals surface area (Å²) in [5, 5.41) is 2.31. The van der Waals surface area contributed by atoms with Crippen molar-refractivity contribution in [1.29, 1.82) is 0 Å². The molecule has 20 heavy (non-hydrogen) atoms. The number of nitrogens with two attached hydrogens (primary N) is 1. The maximum Gasteiger partial charge on any atom is 0.236 e. The Balaban J connectivity index is 2.80. The molecule has 1 aromatic carbocycles. The summed E-state index contributed by atoms with van der Waals surface area (Å²) in [6.45, 7) is 7.59. The SMILES string of the molecule is CCCC(C)NC(=O)C(C)S(=O)c1cc(N)ccc1C. The maximum atomic E-state index is 12.5. The number of carbonyl (C=O) groups excluding carboxylic acids is 1. The van der Waals surface area contributed by atoms with E-state index in [1.54, 1.807) is 19.1 Å². The van der Waals surface area contributed by atoms with Crippen LogP contribution in [0, 0.1) is 6.92 Å². The minimum absolute atomic E-state index is 0.105. The fourth-order valence-electron chi connectivity index (χ4n) is 1.99. The number of amides is 1. The van der Waals surface area contributed by atoms with Crippen molar-refractivity contribution in [2.45, 2.75) is 56.7 Å². The molecule has 0 aromatic heterocycles. The molecule has 0 aliphatic heterocycles. The highest BCUT2D eigenvalue weighted by atomic mass is 32.2. The van der Waals surface area contributed by atoms with Gasteiger partial charge in [0.25, 0.3) is 0 Å². The Labute approximate surface area is 123 Å². The third-order valence-electron chi connectivity index (χ3n) is 3.23. The molecule has 0 fully saturated rings. The molecule has 0 bridgehead atoms. The number of anilines is 1. The molecule has 1 rings (SSSR count). The van der Waals surface area contributed by atoms with Crippen LogP contribution < -0.4 is 11.1 Å². The van der Waals surface area contributed by atoms with Crippen molar-refractivity contribution in [3.63, 3.8) is 0 Å². The van der Waals surface area contributed by atoms with Gasteiger partial charge in [-0.15, -0.1) is 0 Å². The van der Waals surface area contributed by atoms with Crippen molar-refractivity contribution in [2.75, 3.05) is 5.73 Å². The highest BCUT2D eigenvalue weighted by Gasteiger charge is 2.23. The van der Waals surface area contributed by atoms with Crippen LogP contribution in [0.3, 0.4) is 0 Å². The molecule has 0 saturated carbocycles. The quantitative estimate of drug-likeness (QED) is 0.792. The summed E-state index contributed by atoms with van der Waals surface area (Å²) in [6, 6.07) is 5.38. The average molecular weight is 296 g/mol. The summed E-state index contributed by atoms with van der Waals surface area (Å²) in [5.74, 6) is -0.175. The second kappa shape index (κ2) is 7.43. The summed E-state index contributed by atoms with van der Waals surface area (Å²) < 4.78 is 12.5. The molecular formula is C15H24N2O2S. The smallest absolute Gasteiger partial charge is 0.236 e. The van der Waals surface area contributed by atoms with Gasteiger partial charge in [-0.05, 0) is 44.9 Å². The highest BCUT2D eigenvalue weighted by Crippen LogP contribution is 2.19. The summed E-state index contributed by atoms with van der Waals surface area (Å²) in [5.41, 5.74) is 7.18. The van der Waals surface area contributed by atoms with Crippen LogP contribution in [0.2, 0.25) is 0 Å². The molecule has 0 heterocycles. The van der Waals surface area contributed by atoms with Crippen LogP contribution in [-0.2, 0) is 15.6 Å². The van der Waals surface area contributed by atoms with Crippen LogP contribution >= 0.6 is 0 Å². The van der Waals surface area contributed by atoms with E-state index in [-0.39, 0.29) is 11.9 Å². The number of benzene rings is 1. The molecule has 0 radical (unpaired) electrons. The number of hydrogen-bond acceptors (Lipinski definition) is 3. The standard InChI is InChI=1S/C15H24N2O2S/c1-5-6-11(3)17-15(18)12(4)20(19)14-9-13(16)8-7-10(14)2/h7-9,11-12H,5-6,16H2,1-4H3,(H,17,18). The van der Waals surface area contributed by atoms with Gasteiger partial charge in [0.05, 0.1) is 10.8 Å². The van der Waals surface area contributed by atoms with Gasteiger partial charge < -0.3 is 11.1 Å². The van der Waals surface area contributed by atoms with E-state index in [0.717, 1.165) is 18.4 Å². The van der Waals surface area contributed by atoms with E-state index >= 15 is 0 Å². The average Bonchev–Trinajstić information content (AvgIpc) is 2.40. The summed E-state index contributed by atoms with van der Waals surface area (Å²) in [6.07, 6.45) is 1.93. The second-order valence-electron chi connectivity index (χ2n) is 5.16. The van der Waals surface area contributed by atoms with Crippen LogP contribution in [0.5, 0.6) is 0 Å². The first kappa shape index (κ1) is 16.7. The number of hydrogen-bond donors (Lipinski definition) is 2. The van der Waals surface area contributed by atoms with E-state index < -0.39 is 16.0 Å². The van der Waals surface area contributed by atoms with Gasteiger partial charge in [-0.25, -0.2) is 0 Å². The lowest BCUT2D eigenvalue weighted by atomic mass is 10.2. The van der Waals surface area contributed by atoms with Crippen molar-refractivity contribution in [2.24, 2.45) is 0 Å². The number of nitrogen functional groups attached to an aromatic ring is 1. The molecule has 4 nitrogen and oxygen atoms in total. The van der Waals surface area contributed by atoms with Crippen molar-refractivity contribution in [3.8, 4) is 0 Å². The molecule has 3 N–H and O–H groups in total. The molecule has 3 atom stereocenters. The lowest BCUT2D eigenvalue weighted by Crippen LogP contribution is -2.40. The van der Waals surface area contributed by atoms with Gasteiger partial charge >= 0.3 is 0 Å². The Kier molecular flexibility index (Phi) is 6.20. The van der Waals surface area contributed by atoms with E-state index in [0.29, 0.717) is 10.6 Å². The molecule has 0 spiro atoms. The first-order chi connectivity index (χ1) is 9.36. The zero-order valence-corrected chi connectivity index (χ0v) is 13.4. The van der Waals surface area contributed by atoms with E-state index in [1.165, 1.54) is 0 Å². The van der Waals surface area contributed by atoms with Crippen LogP contribution in [0.1, 0.15) is 39.2 Å². The van der Waals surface area contributed by atoms with Crippen LogP contribution in [0.15, 0.2) is 23.1 Å². The third-order valence-corrected chi connectivity index (χ3v) is 4.96. The van der Waals surface area contributed by atoms with E-state index in [1.807, 2.05) is 19.9 Å². The Morgan fingerprint density at radius 3 is 2.65 bits per heavy atom. The first-order valence-electron chi connectivity index (χ1n) is 6.93. The molecule has 112 valence electrons. The van der Waals surface area contributed by atoms with Gasteiger partial charge in [0, 0.05) is 16.6 Å². The van der Waals surface area contributed by atoms with Gasteiger partial charge in [0.15, 0.2) is 0 Å². The van der Waals surface area contributed by atoms with E-state index in [2.05, 4.69) is 12.2 Å². The zero-order valence-electron chi connectivity index (χ0n) is 12.6. The normalized spacial score (nSPS) is 15.4. The lowest BCUT2D eigenvalue weighted by Gasteiger charge is -2.17. The number of rotatable bonds is 6. The molecule has 3 unspecified atom stereocenters. The van der Waals surface area contributed by atoms with Crippen LogP contribution in [-0.4, -0.2) is 21.4 Å². The monoisotopic (exact) mass is 296 g/mol. The van der Waals surface area contributed by atoms with Crippen molar-refractivity contribution >= 4 is 22.4 Å². The fraction of sp³-hybridized carbons (Fsp3) is 0.533. The minimum atomic E-state index is -1.39. The Hall–Kier alpha value is -1.36. The molecule has 0 saturated heterocycles. The summed E-state index contributed by atoms with van der Waals surface area (Å²) in [7, 11) is -1.39. The number of carbonyl (C=O) groups is 1. The molecule has 0 aliphatic rings. The predicted molar refractivity (Wildman–Crippen MR) is 84.0 cm³/mol. The van der Waals surface area contributed by atoms with Gasteiger partial charge in [-0.3, -0.25) is 9.00 Å².